The number of halogens is 1. The Balaban J connectivity index is 0.000000220. The van der Waals surface area contributed by atoms with Crippen molar-refractivity contribution in [2.45, 2.75) is 16.3 Å². The van der Waals surface area contributed by atoms with E-state index in [1.54, 1.807) is 67.9 Å². The first kappa shape index (κ1) is 37.7. The van der Waals surface area contributed by atoms with E-state index in [1.807, 2.05) is 61.6 Å². The summed E-state index contributed by atoms with van der Waals surface area (Å²) >= 11 is 0. The van der Waals surface area contributed by atoms with Crippen molar-refractivity contribution in [2.75, 3.05) is 21.3 Å². The number of carbonyl (C=O) groups excluding carboxylic acids is 1. The SMILES string of the molecule is CNCc1cc(-c2ccccc2)n(S(=O)(=O)c2ccc(OC)cc2)c1.COc1ccc(S(=O)(=O)n2cc(C=O)cc2-c2ccccc2)cc1.Cl. The van der Waals surface area contributed by atoms with Gasteiger partial charge in [0, 0.05) is 24.5 Å². The number of methoxy groups -OCH3 is 2. The molecule has 0 aliphatic rings. The number of hydrogen-bond acceptors (Lipinski definition) is 8. The van der Waals surface area contributed by atoms with Gasteiger partial charge in [0.25, 0.3) is 20.0 Å². The molecular formula is C37H36ClN3O7S2. The first-order valence-corrected chi connectivity index (χ1v) is 17.9. The highest BCUT2D eigenvalue weighted by atomic mass is 35.5. The van der Waals surface area contributed by atoms with Gasteiger partial charge in [0.05, 0.1) is 35.4 Å². The van der Waals surface area contributed by atoms with Crippen LogP contribution in [0.25, 0.3) is 22.5 Å². The number of nitrogens with zero attached hydrogens (tertiary/aromatic N) is 2. The van der Waals surface area contributed by atoms with Crippen LogP contribution in [0.15, 0.2) is 144 Å². The standard InChI is InChI=1S/C19H20N2O3S.C18H15NO4S.ClH/c1-20-13-15-12-19(16-6-4-3-5-7-16)21(14-15)25(22,23)18-10-8-17(24-2)9-11-18;1-23-16-7-9-17(10-8-16)24(21,22)19-12-14(13-20)11-18(19)15-5-3-2-4-6-15;/h3-12,14,20H,13H2,1-2H3;2-13H,1H3;1H. The Hall–Kier alpha value is -5.14. The summed E-state index contributed by atoms with van der Waals surface area (Å²) in [5.74, 6) is 1.18. The average molecular weight is 734 g/mol. The van der Waals surface area contributed by atoms with E-state index in [0.717, 1.165) is 15.1 Å². The van der Waals surface area contributed by atoms with Crippen molar-refractivity contribution in [2.24, 2.45) is 0 Å². The van der Waals surface area contributed by atoms with Crippen molar-refractivity contribution in [3.63, 3.8) is 0 Å². The number of rotatable bonds is 11. The molecule has 0 aliphatic heterocycles. The lowest BCUT2D eigenvalue weighted by molar-refractivity contribution is 0.112. The number of ether oxygens (including phenoxy) is 2. The summed E-state index contributed by atoms with van der Waals surface area (Å²) < 4.78 is 64.9. The molecule has 0 spiro atoms. The van der Waals surface area contributed by atoms with E-state index in [9.17, 15) is 21.6 Å². The Morgan fingerprint density at radius 2 is 1.04 bits per heavy atom. The quantitative estimate of drug-likeness (QED) is 0.145. The van der Waals surface area contributed by atoms with Crippen LogP contribution in [0.4, 0.5) is 0 Å². The largest absolute Gasteiger partial charge is 0.497 e. The Bertz CT molecular complexity index is 2240. The fourth-order valence-electron chi connectivity index (χ4n) is 5.08. The molecule has 10 nitrogen and oxygen atoms in total. The molecule has 0 atom stereocenters. The van der Waals surface area contributed by atoms with Gasteiger partial charge in [-0.05, 0) is 84.4 Å². The molecule has 0 saturated heterocycles. The molecular weight excluding hydrogens is 698 g/mol. The molecule has 0 amide bonds. The lowest BCUT2D eigenvalue weighted by Crippen LogP contribution is -2.13. The van der Waals surface area contributed by atoms with Crippen molar-refractivity contribution < 1.29 is 31.1 Å². The van der Waals surface area contributed by atoms with Crippen LogP contribution in [-0.4, -0.2) is 52.3 Å². The zero-order valence-electron chi connectivity index (χ0n) is 27.5. The molecule has 1 N–H and O–H groups in total. The molecule has 0 radical (unpaired) electrons. The summed E-state index contributed by atoms with van der Waals surface area (Å²) in [6.07, 6.45) is 3.62. The predicted octanol–water partition coefficient (Wildman–Crippen LogP) is 6.76. The number of benzene rings is 4. The summed E-state index contributed by atoms with van der Waals surface area (Å²) in [6, 6.07) is 34.5. The van der Waals surface area contributed by atoms with Gasteiger partial charge in [-0.1, -0.05) is 60.7 Å². The molecule has 0 bridgehead atoms. The first-order valence-electron chi connectivity index (χ1n) is 15.1. The molecule has 0 unspecified atom stereocenters. The maximum atomic E-state index is 13.1. The van der Waals surface area contributed by atoms with Crippen LogP contribution in [0.1, 0.15) is 15.9 Å². The van der Waals surface area contributed by atoms with E-state index < -0.39 is 20.0 Å². The normalized spacial score (nSPS) is 11.1. The summed E-state index contributed by atoms with van der Waals surface area (Å²) in [5, 5.41) is 3.06. The van der Waals surface area contributed by atoms with Gasteiger partial charge < -0.3 is 14.8 Å². The van der Waals surface area contributed by atoms with E-state index in [4.69, 9.17) is 9.47 Å². The lowest BCUT2D eigenvalue weighted by Gasteiger charge is -2.11. The second-order valence-corrected chi connectivity index (χ2v) is 14.4. The van der Waals surface area contributed by atoms with Crippen LogP contribution in [0, 0.1) is 0 Å². The van der Waals surface area contributed by atoms with Crippen molar-refractivity contribution in [3.05, 3.63) is 145 Å². The number of nitrogens with one attached hydrogen (secondary N) is 1. The fraction of sp³-hybridized carbons (Fsp3) is 0.108. The van der Waals surface area contributed by atoms with Gasteiger partial charge in [-0.3, -0.25) is 4.79 Å². The van der Waals surface area contributed by atoms with Crippen LogP contribution in [-0.2, 0) is 26.6 Å². The number of hydrogen-bond donors (Lipinski definition) is 1. The van der Waals surface area contributed by atoms with Gasteiger partial charge in [0.2, 0.25) is 0 Å². The highest BCUT2D eigenvalue weighted by Crippen LogP contribution is 2.29. The molecule has 6 rings (SSSR count). The maximum Gasteiger partial charge on any atom is 0.268 e. The molecule has 2 heterocycles. The third-order valence-electron chi connectivity index (χ3n) is 7.54. The van der Waals surface area contributed by atoms with Gasteiger partial charge in [-0.15, -0.1) is 12.4 Å². The minimum atomic E-state index is -3.83. The minimum Gasteiger partial charge on any atom is -0.497 e. The molecule has 0 saturated carbocycles. The van der Waals surface area contributed by atoms with Crippen LogP contribution in [0.5, 0.6) is 11.5 Å². The molecule has 0 aliphatic carbocycles. The molecule has 260 valence electrons. The van der Waals surface area contributed by atoms with Gasteiger partial charge in [0.15, 0.2) is 6.29 Å². The van der Waals surface area contributed by atoms with E-state index in [-0.39, 0.29) is 22.2 Å². The molecule has 2 aromatic heterocycles. The Labute approximate surface area is 298 Å². The highest BCUT2D eigenvalue weighted by Gasteiger charge is 2.23. The molecule has 4 aromatic carbocycles. The van der Waals surface area contributed by atoms with E-state index in [1.165, 1.54) is 29.4 Å². The minimum absolute atomic E-state index is 0. The van der Waals surface area contributed by atoms with Gasteiger partial charge in [-0.25, -0.2) is 24.8 Å². The predicted molar refractivity (Wildman–Crippen MR) is 196 cm³/mol. The van der Waals surface area contributed by atoms with Crippen LogP contribution in [0.2, 0.25) is 0 Å². The van der Waals surface area contributed by atoms with Crippen molar-refractivity contribution in [3.8, 4) is 34.0 Å². The third-order valence-corrected chi connectivity index (χ3v) is 10.9. The highest BCUT2D eigenvalue weighted by molar-refractivity contribution is 7.90. The Morgan fingerprint density at radius 3 is 1.44 bits per heavy atom. The average Bonchev–Trinajstić information content (AvgIpc) is 3.79. The van der Waals surface area contributed by atoms with E-state index >= 15 is 0 Å². The molecule has 13 heteroatoms. The molecule has 6 aromatic rings. The lowest BCUT2D eigenvalue weighted by atomic mass is 10.1. The zero-order chi connectivity index (χ0) is 35.0. The second-order valence-electron chi connectivity index (χ2n) is 10.7. The third kappa shape index (κ3) is 8.17. The first-order chi connectivity index (χ1) is 23.6. The monoisotopic (exact) mass is 733 g/mol. The fourth-order valence-corrected chi connectivity index (χ4v) is 7.87. The van der Waals surface area contributed by atoms with Gasteiger partial charge in [-0.2, -0.15) is 0 Å². The second kappa shape index (κ2) is 16.5. The summed E-state index contributed by atoms with van der Waals surface area (Å²) in [4.78, 5) is 11.5. The smallest absolute Gasteiger partial charge is 0.268 e. The summed E-state index contributed by atoms with van der Waals surface area (Å²) in [5.41, 5.74) is 3.84. The van der Waals surface area contributed by atoms with Crippen molar-refractivity contribution in [1.82, 2.24) is 13.3 Å². The van der Waals surface area contributed by atoms with Crippen LogP contribution in [0.3, 0.4) is 0 Å². The number of aromatic nitrogens is 2. The van der Waals surface area contributed by atoms with Crippen LogP contribution >= 0.6 is 12.4 Å². The Kier molecular flexibility index (Phi) is 12.4. The molecule has 0 fully saturated rings. The number of aldehydes is 1. The van der Waals surface area contributed by atoms with Gasteiger partial charge >= 0.3 is 0 Å². The van der Waals surface area contributed by atoms with Crippen molar-refractivity contribution in [1.29, 1.82) is 0 Å². The van der Waals surface area contributed by atoms with E-state index in [0.29, 0.717) is 46.8 Å². The molecule has 50 heavy (non-hydrogen) atoms. The Morgan fingerprint density at radius 1 is 0.620 bits per heavy atom. The zero-order valence-corrected chi connectivity index (χ0v) is 29.9. The topological polar surface area (TPSA) is 126 Å². The summed E-state index contributed by atoms with van der Waals surface area (Å²) in [6.45, 7) is 0.588. The van der Waals surface area contributed by atoms with Crippen molar-refractivity contribution >= 4 is 38.7 Å². The van der Waals surface area contributed by atoms with Gasteiger partial charge in [0.1, 0.15) is 11.5 Å². The number of carbonyl (C=O) groups is 1. The van der Waals surface area contributed by atoms with Crippen LogP contribution < -0.4 is 14.8 Å². The maximum absolute atomic E-state index is 13.1. The summed E-state index contributed by atoms with van der Waals surface area (Å²) in [7, 11) is -2.64. The van der Waals surface area contributed by atoms with E-state index in [2.05, 4.69) is 5.32 Å².